The Morgan fingerprint density at radius 1 is 1.48 bits per heavy atom. The summed E-state index contributed by atoms with van der Waals surface area (Å²) in [6.07, 6.45) is -0.0994. The zero-order valence-corrected chi connectivity index (χ0v) is 12.1. The predicted molar refractivity (Wildman–Crippen MR) is 73.5 cm³/mol. The number of halogens is 2. The van der Waals surface area contributed by atoms with E-state index in [1.807, 2.05) is 0 Å². The van der Waals surface area contributed by atoms with E-state index in [2.05, 4.69) is 0 Å². The quantitative estimate of drug-likeness (QED) is 0.475. The van der Waals surface area contributed by atoms with Crippen LogP contribution in [-0.2, 0) is 15.0 Å². The van der Waals surface area contributed by atoms with Crippen molar-refractivity contribution in [3.05, 3.63) is 33.3 Å². The van der Waals surface area contributed by atoms with Crippen molar-refractivity contribution in [2.75, 3.05) is 17.2 Å². The Bertz CT molecular complexity index is 709. The van der Waals surface area contributed by atoms with Gasteiger partial charge in [0.1, 0.15) is 5.02 Å². The lowest BCUT2D eigenvalue weighted by Crippen LogP contribution is -2.25. The molecular formula is C11H10ClFN2O5S. The fourth-order valence-corrected chi connectivity index (χ4v) is 3.27. The summed E-state index contributed by atoms with van der Waals surface area (Å²) in [5.41, 5.74) is 0.0179. The van der Waals surface area contributed by atoms with E-state index in [9.17, 15) is 27.2 Å². The Kier molecular flexibility index (Phi) is 4.15. The number of hydrogen-bond donors (Lipinski definition) is 0. The molecule has 1 fully saturated rings. The van der Waals surface area contributed by atoms with Gasteiger partial charge in [0, 0.05) is 30.6 Å². The Hall–Kier alpha value is -1.74. The third-order valence-corrected chi connectivity index (χ3v) is 4.25. The second-order valence-corrected chi connectivity index (χ2v) is 6.49. The lowest BCUT2D eigenvalue weighted by molar-refractivity contribution is -0.384. The molecule has 0 spiro atoms. The molecule has 0 aromatic heterocycles. The average Bonchev–Trinajstić information content (AvgIpc) is 2.66. The van der Waals surface area contributed by atoms with Crippen molar-refractivity contribution in [3.63, 3.8) is 0 Å². The van der Waals surface area contributed by atoms with Crippen molar-refractivity contribution >= 4 is 39.1 Å². The summed E-state index contributed by atoms with van der Waals surface area (Å²) in [4.78, 5) is 23.1. The highest BCUT2D eigenvalue weighted by molar-refractivity contribution is 7.86. The van der Waals surface area contributed by atoms with Crippen LogP contribution >= 0.6 is 11.6 Å². The maximum atomic E-state index is 12.6. The molecule has 0 radical (unpaired) electrons. The molecule has 1 unspecified atom stereocenters. The van der Waals surface area contributed by atoms with E-state index in [4.69, 9.17) is 11.6 Å². The van der Waals surface area contributed by atoms with Gasteiger partial charge >= 0.3 is 10.2 Å². The van der Waals surface area contributed by atoms with Gasteiger partial charge in [-0.05, 0) is 12.1 Å². The first kappa shape index (κ1) is 15.6. The van der Waals surface area contributed by atoms with Crippen molar-refractivity contribution in [2.24, 2.45) is 5.92 Å². The van der Waals surface area contributed by atoms with E-state index in [0.29, 0.717) is 5.69 Å². The van der Waals surface area contributed by atoms with Gasteiger partial charge in [0.25, 0.3) is 5.69 Å². The molecule has 1 aromatic rings. The van der Waals surface area contributed by atoms with E-state index in [0.717, 1.165) is 6.07 Å². The first-order valence-corrected chi connectivity index (χ1v) is 7.77. The number of anilines is 1. The maximum absolute atomic E-state index is 12.6. The first-order valence-electron chi connectivity index (χ1n) is 5.84. The summed E-state index contributed by atoms with van der Waals surface area (Å²) >= 11 is 5.76. The van der Waals surface area contributed by atoms with Crippen molar-refractivity contribution in [3.8, 4) is 0 Å². The molecule has 1 aromatic carbocycles. The van der Waals surface area contributed by atoms with Crippen molar-refractivity contribution in [2.45, 2.75) is 6.42 Å². The molecule has 1 saturated heterocycles. The minimum Gasteiger partial charge on any atom is -0.312 e. The Balaban J connectivity index is 2.21. The van der Waals surface area contributed by atoms with E-state index in [1.54, 1.807) is 0 Å². The van der Waals surface area contributed by atoms with E-state index < -0.39 is 26.8 Å². The second-order valence-electron chi connectivity index (χ2n) is 4.67. The van der Waals surface area contributed by atoms with Gasteiger partial charge in [-0.25, -0.2) is 0 Å². The second kappa shape index (κ2) is 5.57. The predicted octanol–water partition coefficient (Wildman–Crippen LogP) is 1.90. The van der Waals surface area contributed by atoms with Gasteiger partial charge in [-0.3, -0.25) is 14.9 Å². The number of carbonyl (C=O) groups is 1. The van der Waals surface area contributed by atoms with Crippen LogP contribution in [0.25, 0.3) is 0 Å². The minimum atomic E-state index is -4.66. The number of hydrogen-bond acceptors (Lipinski definition) is 5. The third-order valence-electron chi connectivity index (χ3n) is 3.08. The summed E-state index contributed by atoms with van der Waals surface area (Å²) in [5.74, 6) is -1.76. The molecule has 2 rings (SSSR count). The van der Waals surface area contributed by atoms with Gasteiger partial charge in [0.05, 0.1) is 10.7 Å². The SMILES string of the molecule is O=C1CC(CS(=O)(=O)F)CN1c1ccc([N+](=O)[O-])c(Cl)c1. The molecule has 7 nitrogen and oxygen atoms in total. The molecule has 0 aliphatic carbocycles. The van der Waals surface area contributed by atoms with Crippen LogP contribution in [0.2, 0.25) is 5.02 Å². The standard InChI is InChI=1S/C11H10ClFN2O5S/c12-9-4-8(1-2-10(9)15(17)18)14-5-7(3-11(14)16)6-21(13,19)20/h1-2,4,7H,3,5-6H2. The van der Waals surface area contributed by atoms with E-state index in [-0.39, 0.29) is 29.6 Å². The molecule has 0 saturated carbocycles. The summed E-state index contributed by atoms with van der Waals surface area (Å²) in [6, 6.07) is 3.75. The first-order chi connectivity index (χ1) is 9.67. The largest absolute Gasteiger partial charge is 0.312 e. The highest BCUT2D eigenvalue weighted by Gasteiger charge is 2.34. The smallest absolute Gasteiger partial charge is 0.302 e. The molecule has 1 heterocycles. The Morgan fingerprint density at radius 2 is 2.14 bits per heavy atom. The lowest BCUT2D eigenvalue weighted by Gasteiger charge is -2.16. The van der Waals surface area contributed by atoms with Crippen LogP contribution in [0.4, 0.5) is 15.3 Å². The van der Waals surface area contributed by atoms with Crippen molar-refractivity contribution in [1.82, 2.24) is 0 Å². The summed E-state index contributed by atoms with van der Waals surface area (Å²) < 4.78 is 33.9. The molecule has 1 amide bonds. The summed E-state index contributed by atoms with van der Waals surface area (Å²) in [6.45, 7) is 0.0239. The zero-order chi connectivity index (χ0) is 15.8. The van der Waals surface area contributed by atoms with Crippen molar-refractivity contribution in [1.29, 1.82) is 0 Å². The molecule has 21 heavy (non-hydrogen) atoms. The van der Waals surface area contributed by atoms with Crippen LogP contribution in [0, 0.1) is 16.0 Å². The Morgan fingerprint density at radius 3 is 2.67 bits per heavy atom. The van der Waals surface area contributed by atoms with Gasteiger partial charge in [-0.15, -0.1) is 3.89 Å². The number of nitro benzene ring substituents is 1. The number of amides is 1. The van der Waals surface area contributed by atoms with Crippen molar-refractivity contribution < 1.29 is 22.0 Å². The molecule has 1 atom stereocenters. The number of nitro groups is 1. The maximum Gasteiger partial charge on any atom is 0.302 e. The minimum absolute atomic E-state index is 0.0239. The molecule has 1 aliphatic heterocycles. The normalized spacial score (nSPS) is 19.0. The Labute approximate surface area is 124 Å². The van der Waals surface area contributed by atoms with Crippen LogP contribution in [0.1, 0.15) is 6.42 Å². The topological polar surface area (TPSA) is 97.6 Å². The van der Waals surface area contributed by atoms with Gasteiger partial charge < -0.3 is 4.90 Å². The van der Waals surface area contributed by atoms with Crippen LogP contribution in [-0.4, -0.2) is 31.5 Å². The monoisotopic (exact) mass is 336 g/mol. The summed E-state index contributed by atoms with van der Waals surface area (Å²) in [5, 5.41) is 10.5. The van der Waals surface area contributed by atoms with Gasteiger partial charge in [0.2, 0.25) is 5.91 Å². The van der Waals surface area contributed by atoms with Crippen LogP contribution < -0.4 is 4.90 Å². The molecule has 0 N–H and O–H groups in total. The third kappa shape index (κ3) is 3.67. The number of nitrogens with zero attached hydrogens (tertiary/aromatic N) is 2. The number of carbonyl (C=O) groups excluding carboxylic acids is 1. The number of rotatable bonds is 4. The van der Waals surface area contributed by atoms with Gasteiger partial charge in [0.15, 0.2) is 0 Å². The van der Waals surface area contributed by atoms with Crippen LogP contribution in [0.3, 0.4) is 0 Å². The fraction of sp³-hybridized carbons (Fsp3) is 0.364. The fourth-order valence-electron chi connectivity index (χ4n) is 2.24. The van der Waals surface area contributed by atoms with E-state index in [1.165, 1.54) is 17.0 Å². The zero-order valence-electron chi connectivity index (χ0n) is 10.5. The van der Waals surface area contributed by atoms with Gasteiger partial charge in [-0.2, -0.15) is 8.42 Å². The molecular weight excluding hydrogens is 327 g/mol. The molecule has 114 valence electrons. The molecule has 1 aliphatic rings. The van der Waals surface area contributed by atoms with Crippen LogP contribution in [0.5, 0.6) is 0 Å². The molecule has 10 heteroatoms. The van der Waals surface area contributed by atoms with Gasteiger partial charge in [-0.1, -0.05) is 11.6 Å². The summed E-state index contributed by atoms with van der Waals surface area (Å²) in [7, 11) is -4.66. The highest BCUT2D eigenvalue weighted by Crippen LogP contribution is 2.32. The van der Waals surface area contributed by atoms with Crippen LogP contribution in [0.15, 0.2) is 18.2 Å². The number of benzene rings is 1. The average molecular weight is 337 g/mol. The highest BCUT2D eigenvalue weighted by atomic mass is 35.5. The molecule has 0 bridgehead atoms. The lowest BCUT2D eigenvalue weighted by atomic mass is 10.1. The van der Waals surface area contributed by atoms with E-state index >= 15 is 0 Å².